The van der Waals surface area contributed by atoms with Gasteiger partial charge in [-0.3, -0.25) is 4.68 Å². The number of aryl methyl sites for hydroxylation is 1. The lowest BCUT2D eigenvalue weighted by molar-refractivity contribution is 0.0504. The number of hydrogen-bond donors (Lipinski definition) is 2. The predicted molar refractivity (Wildman–Crippen MR) is 86.8 cm³/mol. The molecular formula is C15H27N5O2. The molecule has 7 nitrogen and oxygen atoms in total. The molecule has 1 fully saturated rings. The molecule has 1 saturated heterocycles. The number of carbonyl (C=O) groups is 1. The first-order valence-corrected chi connectivity index (χ1v) is 7.78. The molecule has 0 saturated carbocycles. The smallest absolute Gasteiger partial charge is 0.407 e. The minimum absolute atomic E-state index is 0.0478. The lowest BCUT2D eigenvalue weighted by Crippen LogP contribution is -2.45. The Morgan fingerprint density at radius 2 is 2.18 bits per heavy atom. The molecule has 22 heavy (non-hydrogen) atoms. The largest absolute Gasteiger partial charge is 0.444 e. The van der Waals surface area contributed by atoms with Crippen LogP contribution in [0.25, 0.3) is 0 Å². The van der Waals surface area contributed by atoms with E-state index in [0.29, 0.717) is 12.2 Å². The zero-order valence-corrected chi connectivity index (χ0v) is 13.9. The Balaban J connectivity index is 2.03. The van der Waals surface area contributed by atoms with E-state index in [9.17, 15) is 4.79 Å². The summed E-state index contributed by atoms with van der Waals surface area (Å²) in [5, 5.41) is 7.17. The van der Waals surface area contributed by atoms with Gasteiger partial charge in [0.05, 0.1) is 11.9 Å². The molecule has 3 N–H and O–H groups in total. The number of rotatable bonds is 2. The molecule has 0 unspecified atom stereocenters. The number of nitrogens with two attached hydrogens (primary N) is 1. The summed E-state index contributed by atoms with van der Waals surface area (Å²) in [6, 6.07) is 0.0478. The molecule has 1 aliphatic rings. The van der Waals surface area contributed by atoms with Gasteiger partial charge in [0.1, 0.15) is 11.4 Å². The van der Waals surface area contributed by atoms with Gasteiger partial charge >= 0.3 is 6.09 Å². The number of nitrogens with one attached hydrogen (secondary N) is 1. The van der Waals surface area contributed by atoms with Crippen LogP contribution in [-0.4, -0.2) is 40.6 Å². The molecule has 0 aromatic carbocycles. The Morgan fingerprint density at radius 1 is 1.45 bits per heavy atom. The zero-order valence-electron chi connectivity index (χ0n) is 13.9. The normalized spacial score (nSPS) is 19.6. The lowest BCUT2D eigenvalue weighted by Gasteiger charge is -2.28. The van der Waals surface area contributed by atoms with Crippen molar-refractivity contribution in [3.8, 4) is 0 Å². The fourth-order valence-corrected chi connectivity index (χ4v) is 2.76. The molecule has 2 rings (SSSR count). The summed E-state index contributed by atoms with van der Waals surface area (Å²) in [4.78, 5) is 14.2. The lowest BCUT2D eigenvalue weighted by atomic mass is 10.1. The van der Waals surface area contributed by atoms with Crippen molar-refractivity contribution in [2.75, 3.05) is 23.7 Å². The number of aromatic nitrogens is 2. The first-order chi connectivity index (χ1) is 10.3. The van der Waals surface area contributed by atoms with Crippen LogP contribution in [0.15, 0.2) is 6.20 Å². The Hall–Kier alpha value is -1.92. The van der Waals surface area contributed by atoms with Gasteiger partial charge in [-0.05, 0) is 40.0 Å². The summed E-state index contributed by atoms with van der Waals surface area (Å²) < 4.78 is 7.13. The van der Waals surface area contributed by atoms with Crippen molar-refractivity contribution >= 4 is 17.6 Å². The number of anilines is 2. The van der Waals surface area contributed by atoms with Crippen molar-refractivity contribution < 1.29 is 9.53 Å². The van der Waals surface area contributed by atoms with E-state index >= 15 is 0 Å². The van der Waals surface area contributed by atoms with E-state index in [1.807, 2.05) is 27.8 Å². The van der Waals surface area contributed by atoms with Gasteiger partial charge in [0.25, 0.3) is 0 Å². The van der Waals surface area contributed by atoms with Crippen LogP contribution in [0, 0.1) is 0 Å². The molecule has 7 heteroatoms. The first kappa shape index (κ1) is 16.5. The molecule has 1 atom stereocenters. The number of nitrogen functional groups attached to an aromatic ring is 1. The molecule has 1 aromatic heterocycles. The minimum Gasteiger partial charge on any atom is -0.444 e. The SMILES string of the molecule is Cn1ncc(N)c1N1CCCC[C@@H](NC(=O)OC(C)(C)C)C1. The van der Waals surface area contributed by atoms with E-state index in [1.165, 1.54) is 0 Å². The molecule has 1 aromatic rings. The summed E-state index contributed by atoms with van der Waals surface area (Å²) in [5.74, 6) is 0.915. The molecular weight excluding hydrogens is 282 g/mol. The minimum atomic E-state index is -0.485. The molecule has 0 spiro atoms. The number of hydrogen-bond acceptors (Lipinski definition) is 5. The van der Waals surface area contributed by atoms with E-state index in [1.54, 1.807) is 10.9 Å². The van der Waals surface area contributed by atoms with Crippen LogP contribution < -0.4 is 16.0 Å². The predicted octanol–water partition coefficient (Wildman–Crippen LogP) is 1.89. The van der Waals surface area contributed by atoms with Gasteiger partial charge in [0.15, 0.2) is 0 Å². The van der Waals surface area contributed by atoms with E-state index in [0.717, 1.165) is 31.6 Å². The van der Waals surface area contributed by atoms with Crippen LogP contribution >= 0.6 is 0 Å². The average Bonchev–Trinajstić information content (AvgIpc) is 2.59. The number of alkyl carbamates (subject to hydrolysis) is 1. The zero-order chi connectivity index (χ0) is 16.3. The van der Waals surface area contributed by atoms with Gasteiger partial charge in [-0.1, -0.05) is 0 Å². The van der Waals surface area contributed by atoms with Crippen LogP contribution in [0.3, 0.4) is 0 Å². The molecule has 2 heterocycles. The monoisotopic (exact) mass is 309 g/mol. The van der Waals surface area contributed by atoms with Gasteiger partial charge in [-0.15, -0.1) is 0 Å². The molecule has 124 valence electrons. The van der Waals surface area contributed by atoms with Crippen molar-refractivity contribution in [3.05, 3.63) is 6.20 Å². The Labute approximate surface area is 131 Å². The highest BCUT2D eigenvalue weighted by molar-refractivity contribution is 5.68. The van der Waals surface area contributed by atoms with E-state index in [2.05, 4.69) is 15.3 Å². The topological polar surface area (TPSA) is 85.4 Å². The van der Waals surface area contributed by atoms with Gasteiger partial charge in [-0.25, -0.2) is 4.79 Å². The molecule has 1 aliphatic heterocycles. The van der Waals surface area contributed by atoms with Crippen LogP contribution in [-0.2, 0) is 11.8 Å². The molecule has 0 bridgehead atoms. The number of amides is 1. The van der Waals surface area contributed by atoms with Gasteiger partial charge in [0.2, 0.25) is 0 Å². The fourth-order valence-electron chi connectivity index (χ4n) is 2.76. The first-order valence-electron chi connectivity index (χ1n) is 7.78. The average molecular weight is 309 g/mol. The number of ether oxygens (including phenoxy) is 1. The number of nitrogens with zero attached hydrogens (tertiary/aromatic N) is 3. The highest BCUT2D eigenvalue weighted by atomic mass is 16.6. The van der Waals surface area contributed by atoms with Gasteiger partial charge in [-0.2, -0.15) is 5.10 Å². The maximum absolute atomic E-state index is 12.0. The van der Waals surface area contributed by atoms with Gasteiger partial charge in [0, 0.05) is 26.2 Å². The Morgan fingerprint density at radius 3 is 2.77 bits per heavy atom. The Bertz CT molecular complexity index is 501. The molecule has 0 radical (unpaired) electrons. The van der Waals surface area contributed by atoms with Crippen molar-refractivity contribution in [1.82, 2.24) is 15.1 Å². The maximum Gasteiger partial charge on any atom is 0.407 e. The van der Waals surface area contributed by atoms with E-state index < -0.39 is 5.60 Å². The second-order valence-electron chi connectivity index (χ2n) is 6.83. The second-order valence-corrected chi connectivity index (χ2v) is 6.83. The second kappa shape index (κ2) is 6.46. The highest BCUT2D eigenvalue weighted by Gasteiger charge is 2.25. The summed E-state index contributed by atoms with van der Waals surface area (Å²) >= 11 is 0. The van der Waals surface area contributed by atoms with Crippen LogP contribution in [0.5, 0.6) is 0 Å². The summed E-state index contributed by atoms with van der Waals surface area (Å²) in [5.41, 5.74) is 6.20. The summed E-state index contributed by atoms with van der Waals surface area (Å²) in [6.45, 7) is 7.21. The van der Waals surface area contributed by atoms with E-state index in [-0.39, 0.29) is 12.1 Å². The Kier molecular flexibility index (Phi) is 4.83. The van der Waals surface area contributed by atoms with Crippen LogP contribution in [0.1, 0.15) is 40.0 Å². The third-order valence-corrected chi connectivity index (χ3v) is 3.63. The van der Waals surface area contributed by atoms with Gasteiger partial charge < -0.3 is 20.7 Å². The standard InChI is InChI=1S/C15H27N5O2/c1-15(2,3)22-14(21)18-11-7-5-6-8-20(10-11)13-12(16)9-17-19(13)4/h9,11H,5-8,10,16H2,1-4H3,(H,18,21)/t11-/m1/s1. The summed E-state index contributed by atoms with van der Waals surface area (Å²) in [6.07, 6.45) is 4.37. The van der Waals surface area contributed by atoms with Crippen LogP contribution in [0.2, 0.25) is 0 Å². The van der Waals surface area contributed by atoms with Crippen LogP contribution in [0.4, 0.5) is 16.3 Å². The number of carbonyl (C=O) groups excluding carboxylic acids is 1. The summed E-state index contributed by atoms with van der Waals surface area (Å²) in [7, 11) is 1.88. The molecule has 1 amide bonds. The maximum atomic E-state index is 12.0. The van der Waals surface area contributed by atoms with Crippen molar-refractivity contribution in [3.63, 3.8) is 0 Å². The third-order valence-electron chi connectivity index (χ3n) is 3.63. The van der Waals surface area contributed by atoms with E-state index in [4.69, 9.17) is 10.5 Å². The quantitative estimate of drug-likeness (QED) is 0.871. The van der Waals surface area contributed by atoms with Crippen molar-refractivity contribution in [2.45, 2.75) is 51.7 Å². The third kappa shape index (κ3) is 4.29. The van der Waals surface area contributed by atoms with Crippen molar-refractivity contribution in [1.29, 1.82) is 0 Å². The highest BCUT2D eigenvalue weighted by Crippen LogP contribution is 2.25. The fraction of sp³-hybridized carbons (Fsp3) is 0.733. The molecule has 0 aliphatic carbocycles. The van der Waals surface area contributed by atoms with Crippen molar-refractivity contribution in [2.24, 2.45) is 7.05 Å².